The van der Waals surface area contributed by atoms with Crippen LogP contribution < -0.4 is 10.6 Å². The maximum absolute atomic E-state index is 11.8. The summed E-state index contributed by atoms with van der Waals surface area (Å²) in [4.78, 5) is 22.5. The molecular weight excluding hydrogens is 260 g/mol. The van der Waals surface area contributed by atoms with Crippen molar-refractivity contribution in [2.45, 2.75) is 19.1 Å². The lowest BCUT2D eigenvalue weighted by molar-refractivity contribution is -0.118. The molecule has 0 aliphatic rings. The third-order valence-electron chi connectivity index (χ3n) is 2.54. The first-order chi connectivity index (χ1) is 9.13. The number of benzene rings is 1. The Morgan fingerprint density at radius 1 is 1.11 bits per heavy atom. The van der Waals surface area contributed by atoms with Gasteiger partial charge < -0.3 is 10.6 Å². The molecule has 1 rings (SSSR count). The van der Waals surface area contributed by atoms with E-state index in [-0.39, 0.29) is 11.8 Å². The standard InChI is InChI=1S/C14H20N2O2S/c1-11(17)15-8-3-9-16-14(18)13-6-4-12(5-7-13)10-19-2/h4-7H,3,8-10H2,1-2H3,(H,15,17)(H,16,18). The first kappa shape index (κ1) is 15.6. The van der Waals surface area contributed by atoms with Crippen LogP contribution in [0.2, 0.25) is 0 Å². The van der Waals surface area contributed by atoms with Gasteiger partial charge in [0.1, 0.15) is 0 Å². The van der Waals surface area contributed by atoms with Gasteiger partial charge in [0.15, 0.2) is 0 Å². The molecule has 0 radical (unpaired) electrons. The van der Waals surface area contributed by atoms with Gasteiger partial charge in [0, 0.05) is 31.3 Å². The first-order valence-electron chi connectivity index (χ1n) is 6.24. The van der Waals surface area contributed by atoms with E-state index in [2.05, 4.69) is 16.9 Å². The Balaban J connectivity index is 2.30. The number of thioether (sulfide) groups is 1. The van der Waals surface area contributed by atoms with Crippen molar-refractivity contribution < 1.29 is 9.59 Å². The molecule has 0 heterocycles. The second kappa shape index (κ2) is 8.58. The van der Waals surface area contributed by atoms with Crippen LogP contribution in [-0.2, 0) is 10.5 Å². The number of rotatable bonds is 7. The largest absolute Gasteiger partial charge is 0.356 e. The molecule has 0 saturated carbocycles. The van der Waals surface area contributed by atoms with Crippen molar-refractivity contribution >= 4 is 23.6 Å². The zero-order chi connectivity index (χ0) is 14.1. The van der Waals surface area contributed by atoms with Crippen LogP contribution in [0, 0.1) is 0 Å². The molecule has 5 heteroatoms. The Morgan fingerprint density at radius 3 is 2.32 bits per heavy atom. The molecule has 2 amide bonds. The molecule has 1 aromatic rings. The monoisotopic (exact) mass is 280 g/mol. The van der Waals surface area contributed by atoms with E-state index in [1.807, 2.05) is 24.3 Å². The average molecular weight is 280 g/mol. The topological polar surface area (TPSA) is 58.2 Å². The molecular formula is C14H20N2O2S. The number of carbonyl (C=O) groups excluding carboxylic acids is 2. The number of hydrogen-bond donors (Lipinski definition) is 2. The van der Waals surface area contributed by atoms with E-state index in [1.165, 1.54) is 12.5 Å². The smallest absolute Gasteiger partial charge is 0.251 e. The summed E-state index contributed by atoms with van der Waals surface area (Å²) in [5.74, 6) is 0.841. The Labute approximate surface area is 118 Å². The zero-order valence-corrected chi connectivity index (χ0v) is 12.2. The minimum absolute atomic E-state index is 0.0456. The van der Waals surface area contributed by atoms with E-state index in [4.69, 9.17) is 0 Å². The van der Waals surface area contributed by atoms with Crippen LogP contribution in [0.3, 0.4) is 0 Å². The Bertz CT molecular complexity index is 418. The molecule has 19 heavy (non-hydrogen) atoms. The van der Waals surface area contributed by atoms with Crippen molar-refractivity contribution in [2.75, 3.05) is 19.3 Å². The highest BCUT2D eigenvalue weighted by Crippen LogP contribution is 2.10. The number of hydrogen-bond acceptors (Lipinski definition) is 3. The van der Waals surface area contributed by atoms with Crippen LogP contribution in [0.1, 0.15) is 29.3 Å². The van der Waals surface area contributed by atoms with E-state index >= 15 is 0 Å². The first-order valence-corrected chi connectivity index (χ1v) is 7.63. The van der Waals surface area contributed by atoms with Crippen LogP contribution in [-0.4, -0.2) is 31.2 Å². The van der Waals surface area contributed by atoms with Gasteiger partial charge in [0.2, 0.25) is 5.91 Å². The molecule has 0 aromatic heterocycles. The lowest BCUT2D eigenvalue weighted by atomic mass is 10.1. The molecule has 0 aliphatic carbocycles. The molecule has 0 atom stereocenters. The predicted molar refractivity (Wildman–Crippen MR) is 79.3 cm³/mol. The molecule has 0 bridgehead atoms. The molecule has 0 fully saturated rings. The zero-order valence-electron chi connectivity index (χ0n) is 11.4. The maximum atomic E-state index is 11.8. The summed E-state index contributed by atoms with van der Waals surface area (Å²) < 4.78 is 0. The van der Waals surface area contributed by atoms with E-state index in [0.717, 1.165) is 12.2 Å². The van der Waals surface area contributed by atoms with Crippen molar-refractivity contribution in [1.82, 2.24) is 10.6 Å². The molecule has 0 saturated heterocycles. The summed E-state index contributed by atoms with van der Waals surface area (Å²) in [5, 5.41) is 5.52. The second-order valence-corrected chi connectivity index (χ2v) is 5.09. The van der Waals surface area contributed by atoms with Crippen LogP contribution in [0.15, 0.2) is 24.3 Å². The summed E-state index contributed by atoms with van der Waals surface area (Å²) in [7, 11) is 0. The summed E-state index contributed by atoms with van der Waals surface area (Å²) in [6, 6.07) is 7.63. The van der Waals surface area contributed by atoms with Crippen molar-refractivity contribution in [1.29, 1.82) is 0 Å². The van der Waals surface area contributed by atoms with E-state index in [0.29, 0.717) is 18.7 Å². The second-order valence-electron chi connectivity index (χ2n) is 4.22. The molecule has 104 valence electrons. The summed E-state index contributed by atoms with van der Waals surface area (Å²) >= 11 is 1.76. The van der Waals surface area contributed by atoms with Crippen molar-refractivity contribution in [3.63, 3.8) is 0 Å². The van der Waals surface area contributed by atoms with Crippen LogP contribution in [0.4, 0.5) is 0 Å². The van der Waals surface area contributed by atoms with Gasteiger partial charge in [-0.1, -0.05) is 12.1 Å². The lowest BCUT2D eigenvalue weighted by Crippen LogP contribution is -2.28. The molecule has 2 N–H and O–H groups in total. The highest BCUT2D eigenvalue weighted by Gasteiger charge is 2.04. The van der Waals surface area contributed by atoms with Crippen molar-refractivity contribution in [3.8, 4) is 0 Å². The van der Waals surface area contributed by atoms with Gasteiger partial charge in [0.05, 0.1) is 0 Å². The fraction of sp³-hybridized carbons (Fsp3) is 0.429. The summed E-state index contributed by atoms with van der Waals surface area (Å²) in [6.07, 6.45) is 2.78. The Morgan fingerprint density at radius 2 is 1.74 bits per heavy atom. The molecule has 0 spiro atoms. The SMILES string of the molecule is CSCc1ccc(C(=O)NCCCNC(C)=O)cc1. The maximum Gasteiger partial charge on any atom is 0.251 e. The number of carbonyl (C=O) groups is 2. The molecule has 1 aromatic carbocycles. The molecule has 4 nitrogen and oxygen atoms in total. The quantitative estimate of drug-likeness (QED) is 0.749. The van der Waals surface area contributed by atoms with Crippen molar-refractivity contribution in [3.05, 3.63) is 35.4 Å². The van der Waals surface area contributed by atoms with Gasteiger partial charge >= 0.3 is 0 Å². The van der Waals surface area contributed by atoms with Gasteiger partial charge in [0.25, 0.3) is 5.91 Å². The van der Waals surface area contributed by atoms with Gasteiger partial charge in [-0.25, -0.2) is 0 Å². The minimum Gasteiger partial charge on any atom is -0.356 e. The normalized spacial score (nSPS) is 10.0. The highest BCUT2D eigenvalue weighted by atomic mass is 32.2. The fourth-order valence-electron chi connectivity index (χ4n) is 1.58. The number of amides is 2. The summed E-state index contributed by atoms with van der Waals surface area (Å²) in [6.45, 7) is 2.63. The third-order valence-corrected chi connectivity index (χ3v) is 3.16. The van der Waals surface area contributed by atoms with E-state index < -0.39 is 0 Å². The van der Waals surface area contributed by atoms with Gasteiger partial charge in [-0.3, -0.25) is 9.59 Å². The van der Waals surface area contributed by atoms with Crippen LogP contribution in [0.5, 0.6) is 0 Å². The van der Waals surface area contributed by atoms with Gasteiger partial charge in [-0.2, -0.15) is 11.8 Å². The lowest BCUT2D eigenvalue weighted by Gasteiger charge is -2.06. The van der Waals surface area contributed by atoms with Crippen molar-refractivity contribution in [2.24, 2.45) is 0 Å². The van der Waals surface area contributed by atoms with Gasteiger partial charge in [-0.15, -0.1) is 0 Å². The highest BCUT2D eigenvalue weighted by molar-refractivity contribution is 7.97. The molecule has 0 aliphatic heterocycles. The van der Waals surface area contributed by atoms with Crippen LogP contribution in [0.25, 0.3) is 0 Å². The average Bonchev–Trinajstić information content (AvgIpc) is 2.39. The van der Waals surface area contributed by atoms with E-state index in [1.54, 1.807) is 11.8 Å². The van der Waals surface area contributed by atoms with E-state index in [9.17, 15) is 9.59 Å². The minimum atomic E-state index is -0.0708. The Hall–Kier alpha value is -1.49. The third kappa shape index (κ3) is 6.29. The number of nitrogens with one attached hydrogen (secondary N) is 2. The fourth-order valence-corrected chi connectivity index (χ4v) is 2.10. The predicted octanol–water partition coefficient (Wildman–Crippen LogP) is 1.81. The Kier molecular flexibility index (Phi) is 7.03. The van der Waals surface area contributed by atoms with Gasteiger partial charge in [-0.05, 0) is 30.4 Å². The molecule has 0 unspecified atom stereocenters. The summed E-state index contributed by atoms with van der Waals surface area (Å²) in [5.41, 5.74) is 1.89. The van der Waals surface area contributed by atoms with Crippen LogP contribution >= 0.6 is 11.8 Å².